The Morgan fingerprint density at radius 1 is 1.17 bits per heavy atom. The fourth-order valence-corrected chi connectivity index (χ4v) is 3.65. The predicted molar refractivity (Wildman–Crippen MR) is 106 cm³/mol. The van der Waals surface area contributed by atoms with E-state index in [1.165, 1.54) is 18.5 Å². The summed E-state index contributed by atoms with van der Waals surface area (Å²) in [6, 6.07) is 5.77. The number of amides is 2. The first-order valence-corrected chi connectivity index (χ1v) is 9.81. The van der Waals surface area contributed by atoms with Crippen LogP contribution >= 0.6 is 0 Å². The van der Waals surface area contributed by atoms with Crippen LogP contribution in [0.5, 0.6) is 0 Å². The van der Waals surface area contributed by atoms with Crippen LogP contribution in [0.15, 0.2) is 30.6 Å². The molecule has 0 bridgehead atoms. The fourth-order valence-electron chi connectivity index (χ4n) is 3.65. The zero-order valence-electron chi connectivity index (χ0n) is 16.6. The highest BCUT2D eigenvalue weighted by Gasteiger charge is 2.30. The van der Waals surface area contributed by atoms with E-state index in [0.717, 1.165) is 0 Å². The van der Waals surface area contributed by atoms with Crippen molar-refractivity contribution in [3.05, 3.63) is 47.8 Å². The molecule has 2 amide bonds. The third-order valence-electron chi connectivity index (χ3n) is 5.41. The molecule has 1 aliphatic rings. The molecule has 2 N–H and O–H groups in total. The Morgan fingerprint density at radius 3 is 2.45 bits per heavy atom. The second-order valence-electron chi connectivity index (χ2n) is 7.30. The largest absolute Gasteiger partial charge is 0.348 e. The number of nitrogens with zero attached hydrogens (tertiary/aromatic N) is 2. The van der Waals surface area contributed by atoms with Crippen molar-refractivity contribution in [2.75, 3.05) is 11.9 Å². The van der Waals surface area contributed by atoms with Crippen LogP contribution in [0.25, 0.3) is 0 Å². The first kappa shape index (κ1) is 20.7. The minimum Gasteiger partial charge on any atom is -0.348 e. The minimum atomic E-state index is -0.350. The third kappa shape index (κ3) is 4.70. The van der Waals surface area contributed by atoms with Gasteiger partial charge in [-0.2, -0.15) is 0 Å². The van der Waals surface area contributed by atoms with Gasteiger partial charge < -0.3 is 15.2 Å². The number of carbonyl (C=O) groups is 3. The summed E-state index contributed by atoms with van der Waals surface area (Å²) in [5.74, 6) is -1.02. The summed E-state index contributed by atoms with van der Waals surface area (Å²) in [5.41, 5.74) is 1.00. The monoisotopic (exact) mass is 400 g/mol. The summed E-state index contributed by atoms with van der Waals surface area (Å²) in [6.07, 6.45) is 4.27. The predicted octanol–water partition coefficient (Wildman–Crippen LogP) is 3.09. The number of aromatic nitrogens is 2. The number of hydrogen-bond donors (Lipinski definition) is 2. The van der Waals surface area contributed by atoms with Gasteiger partial charge in [0.2, 0.25) is 5.91 Å². The van der Waals surface area contributed by atoms with Crippen molar-refractivity contribution >= 4 is 23.3 Å². The van der Waals surface area contributed by atoms with Gasteiger partial charge in [0, 0.05) is 31.1 Å². The van der Waals surface area contributed by atoms with Crippen molar-refractivity contribution in [3.63, 3.8) is 0 Å². The van der Waals surface area contributed by atoms with Crippen LogP contribution in [0, 0.1) is 11.7 Å². The minimum absolute atomic E-state index is 0.00854. The van der Waals surface area contributed by atoms with Gasteiger partial charge in [0.05, 0.1) is 6.33 Å². The molecule has 0 atom stereocenters. The normalized spacial score (nSPS) is 18.9. The van der Waals surface area contributed by atoms with Gasteiger partial charge in [-0.15, -0.1) is 0 Å². The van der Waals surface area contributed by atoms with Crippen molar-refractivity contribution in [3.8, 4) is 0 Å². The Kier molecular flexibility index (Phi) is 6.41. The molecule has 1 heterocycles. The van der Waals surface area contributed by atoms with E-state index in [1.54, 1.807) is 31.0 Å². The van der Waals surface area contributed by atoms with Crippen LogP contribution in [0.1, 0.15) is 60.0 Å². The summed E-state index contributed by atoms with van der Waals surface area (Å²) in [7, 11) is 1.69. The molecule has 29 heavy (non-hydrogen) atoms. The van der Waals surface area contributed by atoms with E-state index in [-0.39, 0.29) is 53.2 Å². The van der Waals surface area contributed by atoms with Gasteiger partial charge in [0.15, 0.2) is 5.78 Å². The number of halogens is 1. The Bertz CT molecular complexity index is 886. The lowest BCUT2D eigenvalue weighted by Gasteiger charge is -2.31. The van der Waals surface area contributed by atoms with Crippen molar-refractivity contribution in [2.45, 2.75) is 45.1 Å². The van der Waals surface area contributed by atoms with Crippen LogP contribution in [-0.4, -0.2) is 40.7 Å². The molecule has 1 aromatic heterocycles. The average molecular weight is 400 g/mol. The number of aromatic amines is 1. The zero-order valence-corrected chi connectivity index (χ0v) is 16.6. The van der Waals surface area contributed by atoms with E-state index in [2.05, 4.69) is 15.3 Å². The van der Waals surface area contributed by atoms with Crippen molar-refractivity contribution in [1.29, 1.82) is 0 Å². The van der Waals surface area contributed by atoms with Crippen molar-refractivity contribution in [2.24, 2.45) is 5.92 Å². The molecule has 0 saturated heterocycles. The molecule has 0 aliphatic heterocycles. The number of carbonyl (C=O) groups excluding carboxylic acids is 3. The van der Waals surface area contributed by atoms with Crippen molar-refractivity contribution in [1.82, 2.24) is 15.3 Å². The van der Waals surface area contributed by atoms with Crippen LogP contribution in [0.3, 0.4) is 0 Å². The summed E-state index contributed by atoms with van der Waals surface area (Å²) in [5, 5.41) is 2.94. The number of Topliss-reactive ketones (excluding diaryl/α,β-unsaturated/α-hetero) is 1. The molecular formula is C21H25FN4O3. The van der Waals surface area contributed by atoms with Gasteiger partial charge in [-0.05, 0) is 49.9 Å². The summed E-state index contributed by atoms with van der Waals surface area (Å²) in [4.78, 5) is 45.4. The number of hydrogen-bond acceptors (Lipinski definition) is 4. The smallest absolute Gasteiger partial charge is 0.270 e. The first-order chi connectivity index (χ1) is 13.9. The molecule has 7 nitrogen and oxygen atoms in total. The number of ketones is 1. The van der Waals surface area contributed by atoms with Gasteiger partial charge >= 0.3 is 0 Å². The molecule has 1 saturated carbocycles. The quantitative estimate of drug-likeness (QED) is 0.729. The first-order valence-electron chi connectivity index (χ1n) is 9.81. The molecule has 8 heteroatoms. The highest BCUT2D eigenvalue weighted by molar-refractivity contribution is 6.05. The fraction of sp³-hybridized carbons (Fsp3) is 0.429. The van der Waals surface area contributed by atoms with Crippen LogP contribution < -0.4 is 10.2 Å². The number of nitrogens with one attached hydrogen (secondary N) is 2. The molecular weight excluding hydrogens is 375 g/mol. The molecule has 3 rings (SSSR count). The lowest BCUT2D eigenvalue weighted by Crippen LogP contribution is -2.41. The number of rotatable bonds is 6. The maximum absolute atomic E-state index is 13.1. The second-order valence-corrected chi connectivity index (χ2v) is 7.30. The standard InChI is InChI=1S/C21H25FN4O3/c1-3-17(27)18-19(24-12-23-18)20(28)25-15-8-4-13(5-9-15)21(29)26(2)16-10-6-14(22)7-11-16/h6-7,10-13,15H,3-5,8-9H2,1-2H3,(H,23,24)(H,25,28). The van der Waals surface area contributed by atoms with Gasteiger partial charge in [-0.25, -0.2) is 9.37 Å². The van der Waals surface area contributed by atoms with Gasteiger partial charge in [0.25, 0.3) is 5.91 Å². The van der Waals surface area contributed by atoms with E-state index < -0.39 is 0 Å². The molecule has 1 fully saturated rings. The summed E-state index contributed by atoms with van der Waals surface area (Å²) < 4.78 is 13.1. The Hall–Kier alpha value is -3.03. The van der Waals surface area contributed by atoms with E-state index in [1.807, 2.05) is 0 Å². The maximum atomic E-state index is 13.1. The molecule has 0 spiro atoms. The molecule has 0 radical (unpaired) electrons. The number of anilines is 1. The van der Waals surface area contributed by atoms with E-state index in [9.17, 15) is 18.8 Å². The SMILES string of the molecule is CCC(=O)c1nc[nH]c1C(=O)NC1CCC(C(=O)N(C)c2ccc(F)cc2)CC1. The molecule has 2 aromatic rings. The highest BCUT2D eigenvalue weighted by atomic mass is 19.1. The number of H-pyrrole nitrogens is 1. The van der Waals surface area contributed by atoms with Gasteiger partial charge in [0.1, 0.15) is 17.2 Å². The Labute approximate surface area is 168 Å². The van der Waals surface area contributed by atoms with Gasteiger partial charge in [-0.1, -0.05) is 6.92 Å². The summed E-state index contributed by atoms with van der Waals surface area (Å²) >= 11 is 0. The van der Waals surface area contributed by atoms with E-state index >= 15 is 0 Å². The molecule has 1 aromatic carbocycles. The lowest BCUT2D eigenvalue weighted by molar-refractivity contribution is -0.123. The van der Waals surface area contributed by atoms with Crippen molar-refractivity contribution < 1.29 is 18.8 Å². The van der Waals surface area contributed by atoms with E-state index in [0.29, 0.717) is 31.4 Å². The Balaban J connectivity index is 1.54. The van der Waals surface area contributed by atoms with Crippen LogP contribution in [0.2, 0.25) is 0 Å². The molecule has 1 aliphatic carbocycles. The number of benzene rings is 1. The highest BCUT2D eigenvalue weighted by Crippen LogP contribution is 2.28. The second kappa shape index (κ2) is 8.98. The van der Waals surface area contributed by atoms with Gasteiger partial charge in [-0.3, -0.25) is 14.4 Å². The molecule has 0 unspecified atom stereocenters. The molecule has 154 valence electrons. The van der Waals surface area contributed by atoms with Crippen LogP contribution in [-0.2, 0) is 4.79 Å². The topological polar surface area (TPSA) is 95.2 Å². The van der Waals surface area contributed by atoms with E-state index in [4.69, 9.17) is 0 Å². The lowest BCUT2D eigenvalue weighted by atomic mass is 9.85. The maximum Gasteiger partial charge on any atom is 0.270 e. The average Bonchev–Trinajstić information content (AvgIpc) is 3.23. The number of imidazole rings is 1. The van der Waals surface area contributed by atoms with Crippen LogP contribution in [0.4, 0.5) is 10.1 Å². The third-order valence-corrected chi connectivity index (χ3v) is 5.41. The Morgan fingerprint density at radius 2 is 1.83 bits per heavy atom. The summed E-state index contributed by atoms with van der Waals surface area (Å²) in [6.45, 7) is 1.72. The zero-order chi connectivity index (χ0) is 21.0.